The van der Waals surface area contributed by atoms with Gasteiger partial charge in [-0.05, 0) is 44.4 Å². The number of anilines is 1. The number of hydrogen-bond donors (Lipinski definition) is 4. The van der Waals surface area contributed by atoms with Crippen LogP contribution in [0.15, 0.2) is 24.3 Å². The van der Waals surface area contributed by atoms with E-state index in [1.807, 2.05) is 25.1 Å². The third-order valence-corrected chi connectivity index (χ3v) is 3.33. The summed E-state index contributed by atoms with van der Waals surface area (Å²) in [5.74, 6) is -0.156. The van der Waals surface area contributed by atoms with Crippen molar-refractivity contribution in [2.75, 3.05) is 5.32 Å². The van der Waals surface area contributed by atoms with Gasteiger partial charge in [-0.1, -0.05) is 12.1 Å². The Morgan fingerprint density at radius 3 is 2.62 bits per heavy atom. The van der Waals surface area contributed by atoms with Crippen LogP contribution >= 0.6 is 0 Å². The van der Waals surface area contributed by atoms with Gasteiger partial charge in [0.25, 0.3) is 0 Å². The van der Waals surface area contributed by atoms with Gasteiger partial charge < -0.3 is 21.7 Å². The quantitative estimate of drug-likeness (QED) is 0.661. The Bertz CT molecular complexity index is 526. The van der Waals surface area contributed by atoms with Crippen LogP contribution in [0.2, 0.25) is 0 Å². The van der Waals surface area contributed by atoms with E-state index in [1.54, 1.807) is 13.0 Å². The SMILES string of the molecule is CC(NC(=O)Nc1cccc(C(C)N)c1)C(=O)NC1CC1. The van der Waals surface area contributed by atoms with Gasteiger partial charge >= 0.3 is 6.03 Å². The van der Waals surface area contributed by atoms with Gasteiger partial charge in [0.05, 0.1) is 0 Å². The number of nitrogens with two attached hydrogens (primary N) is 1. The maximum absolute atomic E-state index is 11.9. The van der Waals surface area contributed by atoms with Crippen LogP contribution in [0, 0.1) is 0 Å². The van der Waals surface area contributed by atoms with Gasteiger partial charge in [0, 0.05) is 17.8 Å². The van der Waals surface area contributed by atoms with Crippen LogP contribution in [0.3, 0.4) is 0 Å². The highest BCUT2D eigenvalue weighted by Crippen LogP contribution is 2.18. The zero-order chi connectivity index (χ0) is 15.4. The van der Waals surface area contributed by atoms with Crippen molar-refractivity contribution >= 4 is 17.6 Å². The zero-order valence-corrected chi connectivity index (χ0v) is 12.3. The summed E-state index contributed by atoms with van der Waals surface area (Å²) >= 11 is 0. The number of benzene rings is 1. The molecule has 1 aromatic carbocycles. The molecule has 0 aromatic heterocycles. The third-order valence-electron chi connectivity index (χ3n) is 3.33. The van der Waals surface area contributed by atoms with E-state index < -0.39 is 12.1 Å². The zero-order valence-electron chi connectivity index (χ0n) is 12.3. The molecule has 0 saturated heterocycles. The van der Waals surface area contributed by atoms with E-state index in [4.69, 9.17) is 5.73 Å². The summed E-state index contributed by atoms with van der Waals surface area (Å²) in [7, 11) is 0. The smallest absolute Gasteiger partial charge is 0.319 e. The van der Waals surface area contributed by atoms with Crippen molar-refractivity contribution in [3.8, 4) is 0 Å². The second kappa shape index (κ2) is 6.58. The summed E-state index contributed by atoms with van der Waals surface area (Å²) in [6.45, 7) is 3.54. The average molecular weight is 290 g/mol. The number of amides is 3. The summed E-state index contributed by atoms with van der Waals surface area (Å²) in [6.07, 6.45) is 2.05. The van der Waals surface area contributed by atoms with Crippen molar-refractivity contribution in [3.63, 3.8) is 0 Å². The van der Waals surface area contributed by atoms with Crippen molar-refractivity contribution in [3.05, 3.63) is 29.8 Å². The van der Waals surface area contributed by atoms with Gasteiger partial charge in [-0.25, -0.2) is 4.79 Å². The molecule has 0 radical (unpaired) electrons. The Labute approximate surface area is 124 Å². The summed E-state index contributed by atoms with van der Waals surface area (Å²) in [5, 5.41) is 8.17. The lowest BCUT2D eigenvalue weighted by Gasteiger charge is -2.15. The maximum atomic E-state index is 11.9. The Balaban J connectivity index is 1.85. The molecular formula is C15H22N4O2. The second-order valence-corrected chi connectivity index (χ2v) is 5.52. The molecule has 6 nitrogen and oxygen atoms in total. The number of urea groups is 1. The van der Waals surface area contributed by atoms with Gasteiger partial charge in [-0.3, -0.25) is 4.79 Å². The molecule has 0 aliphatic heterocycles. The highest BCUT2D eigenvalue weighted by molar-refractivity contribution is 5.93. The molecule has 1 saturated carbocycles. The molecule has 0 bridgehead atoms. The number of rotatable bonds is 5. The molecule has 2 unspecified atom stereocenters. The first kappa shape index (κ1) is 15.3. The molecule has 21 heavy (non-hydrogen) atoms. The second-order valence-electron chi connectivity index (χ2n) is 5.52. The van der Waals surface area contributed by atoms with Crippen LogP contribution in [-0.4, -0.2) is 24.0 Å². The first-order chi connectivity index (χ1) is 9.95. The fourth-order valence-corrected chi connectivity index (χ4v) is 1.88. The predicted molar refractivity (Wildman–Crippen MR) is 81.8 cm³/mol. The summed E-state index contributed by atoms with van der Waals surface area (Å²) < 4.78 is 0. The van der Waals surface area contributed by atoms with Crippen molar-refractivity contribution < 1.29 is 9.59 Å². The average Bonchev–Trinajstić information content (AvgIpc) is 3.22. The molecule has 0 heterocycles. The van der Waals surface area contributed by atoms with Crippen molar-refractivity contribution in [2.24, 2.45) is 5.73 Å². The Hall–Kier alpha value is -2.08. The number of hydrogen-bond acceptors (Lipinski definition) is 3. The fraction of sp³-hybridized carbons (Fsp3) is 0.467. The molecular weight excluding hydrogens is 268 g/mol. The van der Waals surface area contributed by atoms with Crippen molar-refractivity contribution in [1.82, 2.24) is 10.6 Å². The van der Waals surface area contributed by atoms with Gasteiger partial charge in [-0.15, -0.1) is 0 Å². The van der Waals surface area contributed by atoms with Crippen molar-refractivity contribution in [1.29, 1.82) is 0 Å². The minimum Gasteiger partial charge on any atom is -0.352 e. The van der Waals surface area contributed by atoms with Gasteiger partial charge in [0.1, 0.15) is 6.04 Å². The number of nitrogens with one attached hydrogen (secondary N) is 3. The third kappa shape index (κ3) is 4.75. The van der Waals surface area contributed by atoms with Gasteiger partial charge in [0.15, 0.2) is 0 Å². The molecule has 114 valence electrons. The molecule has 1 aliphatic rings. The van der Waals surface area contributed by atoms with E-state index in [0.717, 1.165) is 18.4 Å². The monoisotopic (exact) mass is 290 g/mol. The van der Waals surface area contributed by atoms with E-state index >= 15 is 0 Å². The minimum atomic E-state index is -0.567. The lowest BCUT2D eigenvalue weighted by Crippen LogP contribution is -2.46. The van der Waals surface area contributed by atoms with Crippen molar-refractivity contribution in [2.45, 2.75) is 44.8 Å². The highest BCUT2D eigenvalue weighted by atomic mass is 16.2. The molecule has 1 fully saturated rings. The van der Waals surface area contributed by atoms with Crippen LogP contribution in [0.4, 0.5) is 10.5 Å². The molecule has 5 N–H and O–H groups in total. The van der Waals surface area contributed by atoms with Crippen LogP contribution < -0.4 is 21.7 Å². The molecule has 3 amide bonds. The van der Waals surface area contributed by atoms with Crippen LogP contribution in [0.5, 0.6) is 0 Å². The Kier molecular flexibility index (Phi) is 4.80. The lowest BCUT2D eigenvalue weighted by molar-refractivity contribution is -0.122. The number of carbonyl (C=O) groups excluding carboxylic acids is 2. The topological polar surface area (TPSA) is 96.2 Å². The Morgan fingerprint density at radius 1 is 1.29 bits per heavy atom. The highest BCUT2D eigenvalue weighted by Gasteiger charge is 2.26. The largest absolute Gasteiger partial charge is 0.352 e. The molecule has 1 aliphatic carbocycles. The van der Waals surface area contributed by atoms with Crippen LogP contribution in [0.25, 0.3) is 0 Å². The van der Waals surface area contributed by atoms with E-state index in [1.165, 1.54) is 0 Å². The minimum absolute atomic E-state index is 0.0990. The molecule has 2 rings (SSSR count). The van der Waals surface area contributed by atoms with Gasteiger partial charge in [0.2, 0.25) is 5.91 Å². The summed E-state index contributed by atoms with van der Waals surface area (Å²) in [5.41, 5.74) is 7.39. The van der Waals surface area contributed by atoms with E-state index in [9.17, 15) is 9.59 Å². The van der Waals surface area contributed by atoms with E-state index in [2.05, 4.69) is 16.0 Å². The van der Waals surface area contributed by atoms with Crippen LogP contribution in [0.1, 0.15) is 38.3 Å². The molecule has 1 aromatic rings. The molecule has 2 atom stereocenters. The normalized spacial score (nSPS) is 16.7. The fourth-order valence-electron chi connectivity index (χ4n) is 1.88. The van der Waals surface area contributed by atoms with Crippen LogP contribution in [-0.2, 0) is 4.79 Å². The molecule has 0 spiro atoms. The summed E-state index contributed by atoms with van der Waals surface area (Å²) in [6, 6.07) is 6.54. The standard InChI is InChI=1S/C15H22N4O2/c1-9(16)11-4-3-5-13(8-11)19-15(21)17-10(2)14(20)18-12-6-7-12/h3-5,8-10,12H,6-7,16H2,1-2H3,(H,18,20)(H2,17,19,21). The van der Waals surface area contributed by atoms with Gasteiger partial charge in [-0.2, -0.15) is 0 Å². The lowest BCUT2D eigenvalue weighted by atomic mass is 10.1. The maximum Gasteiger partial charge on any atom is 0.319 e. The van der Waals surface area contributed by atoms with E-state index in [-0.39, 0.29) is 18.0 Å². The first-order valence-electron chi connectivity index (χ1n) is 7.19. The number of carbonyl (C=O) groups is 2. The Morgan fingerprint density at radius 2 is 2.00 bits per heavy atom. The van der Waals surface area contributed by atoms with E-state index in [0.29, 0.717) is 5.69 Å². The summed E-state index contributed by atoms with van der Waals surface area (Å²) in [4.78, 5) is 23.6. The predicted octanol–water partition coefficient (Wildman–Crippen LogP) is 1.49. The first-order valence-corrected chi connectivity index (χ1v) is 7.19. The molecule has 6 heteroatoms.